The van der Waals surface area contributed by atoms with Gasteiger partial charge in [-0.1, -0.05) is 54.6 Å². The van der Waals surface area contributed by atoms with E-state index in [1.54, 1.807) is 12.3 Å². The molecule has 0 radical (unpaired) electrons. The Kier molecular flexibility index (Phi) is 8.85. The molecule has 2 aromatic carbocycles. The number of hydrogen-bond donors (Lipinski definition) is 0. The Labute approximate surface area is 214 Å². The van der Waals surface area contributed by atoms with Crippen LogP contribution in [0, 0.1) is 0 Å². The van der Waals surface area contributed by atoms with Crippen LogP contribution in [-0.4, -0.2) is 58.8 Å². The predicted molar refractivity (Wildman–Crippen MR) is 144 cm³/mol. The van der Waals surface area contributed by atoms with E-state index in [0.29, 0.717) is 44.2 Å². The van der Waals surface area contributed by atoms with Crippen LogP contribution in [0.4, 0.5) is 5.69 Å². The largest absolute Gasteiger partial charge is 0.332 e. The number of fused-ring (bicyclic) bond motifs is 1. The van der Waals surface area contributed by atoms with E-state index in [2.05, 4.69) is 35.9 Å². The van der Waals surface area contributed by atoms with Gasteiger partial charge in [-0.25, -0.2) is 0 Å². The Morgan fingerprint density at radius 1 is 0.861 bits per heavy atom. The number of hydrogen-bond acceptors (Lipinski definition) is 4. The quantitative estimate of drug-likeness (QED) is 0.522. The highest BCUT2D eigenvalue weighted by molar-refractivity contribution is 5.95. The molecule has 4 rings (SSSR count). The van der Waals surface area contributed by atoms with Gasteiger partial charge in [0.15, 0.2) is 0 Å². The number of para-hydroxylation sites is 1. The molecule has 1 aliphatic heterocycles. The molecule has 2 amide bonds. The maximum atomic E-state index is 13.6. The Bertz CT molecular complexity index is 1130. The molecule has 0 atom stereocenters. The number of benzene rings is 2. The lowest BCUT2D eigenvalue weighted by Crippen LogP contribution is -2.41. The van der Waals surface area contributed by atoms with Crippen molar-refractivity contribution in [1.29, 1.82) is 0 Å². The van der Waals surface area contributed by atoms with Crippen molar-refractivity contribution < 1.29 is 9.59 Å². The fourth-order valence-corrected chi connectivity index (χ4v) is 4.74. The third-order valence-corrected chi connectivity index (χ3v) is 6.80. The molecule has 6 heteroatoms. The van der Waals surface area contributed by atoms with Crippen molar-refractivity contribution in [3.05, 3.63) is 95.8 Å². The van der Waals surface area contributed by atoms with Crippen LogP contribution in [0.5, 0.6) is 0 Å². The van der Waals surface area contributed by atoms with E-state index < -0.39 is 0 Å². The fraction of sp³-hybridized carbons (Fsp3) is 0.367. The number of rotatable bonds is 5. The van der Waals surface area contributed by atoms with Crippen LogP contribution in [0.15, 0.2) is 79.0 Å². The van der Waals surface area contributed by atoms with Crippen LogP contribution in [0.3, 0.4) is 0 Å². The average molecular weight is 485 g/mol. The summed E-state index contributed by atoms with van der Waals surface area (Å²) in [5.74, 6) is 0.0274. The fourth-order valence-electron chi connectivity index (χ4n) is 4.74. The molecule has 6 nitrogen and oxygen atoms in total. The van der Waals surface area contributed by atoms with Crippen molar-refractivity contribution in [2.24, 2.45) is 0 Å². The lowest BCUT2D eigenvalue weighted by molar-refractivity contribution is -0.118. The van der Waals surface area contributed by atoms with Crippen LogP contribution in [-0.2, 0) is 17.8 Å². The van der Waals surface area contributed by atoms with E-state index in [1.165, 1.54) is 0 Å². The van der Waals surface area contributed by atoms with Crippen molar-refractivity contribution in [1.82, 2.24) is 14.8 Å². The standard InChI is InChI=1S/C30H36N4O2/c1-24(2)32-19-10-20-34(29(35)17-16-25-11-4-3-5-12-25)28-15-7-6-13-26(28)23-33(22-21-32)30(36)27-14-8-9-18-31-27/h3-9,11-15,18,24H,10,16-17,19-23H2,1-2H3. The normalized spacial score (nSPS) is 15.3. The summed E-state index contributed by atoms with van der Waals surface area (Å²) in [5.41, 5.74) is 3.48. The predicted octanol–water partition coefficient (Wildman–Crippen LogP) is 4.80. The van der Waals surface area contributed by atoms with E-state index in [4.69, 9.17) is 0 Å². The van der Waals surface area contributed by atoms with Crippen LogP contribution >= 0.6 is 0 Å². The molecule has 0 aliphatic carbocycles. The molecule has 0 fully saturated rings. The molecular formula is C30H36N4O2. The summed E-state index contributed by atoms with van der Waals surface area (Å²) in [7, 11) is 0. The summed E-state index contributed by atoms with van der Waals surface area (Å²) >= 11 is 0. The van der Waals surface area contributed by atoms with Crippen molar-refractivity contribution >= 4 is 17.5 Å². The lowest BCUT2D eigenvalue weighted by atomic mass is 10.1. The molecule has 188 valence electrons. The zero-order valence-corrected chi connectivity index (χ0v) is 21.3. The minimum absolute atomic E-state index is 0.0877. The van der Waals surface area contributed by atoms with E-state index >= 15 is 0 Å². The molecule has 36 heavy (non-hydrogen) atoms. The van der Waals surface area contributed by atoms with E-state index in [1.807, 2.05) is 64.4 Å². The maximum Gasteiger partial charge on any atom is 0.272 e. The van der Waals surface area contributed by atoms with Gasteiger partial charge in [0, 0.05) is 57.1 Å². The number of aryl methyl sites for hydroxylation is 1. The second kappa shape index (κ2) is 12.5. The van der Waals surface area contributed by atoms with Gasteiger partial charge in [-0.3, -0.25) is 19.5 Å². The number of anilines is 1. The van der Waals surface area contributed by atoms with Crippen LogP contribution in [0.1, 0.15) is 48.3 Å². The smallest absolute Gasteiger partial charge is 0.272 e. The molecule has 3 aromatic rings. The van der Waals surface area contributed by atoms with Crippen molar-refractivity contribution in [3.8, 4) is 0 Å². The third-order valence-electron chi connectivity index (χ3n) is 6.80. The molecule has 0 saturated carbocycles. The van der Waals surface area contributed by atoms with Crippen LogP contribution < -0.4 is 4.90 Å². The molecule has 1 aromatic heterocycles. The van der Waals surface area contributed by atoms with Gasteiger partial charge in [-0.15, -0.1) is 0 Å². The topological polar surface area (TPSA) is 56.8 Å². The monoisotopic (exact) mass is 484 g/mol. The number of carbonyl (C=O) groups excluding carboxylic acids is 2. The van der Waals surface area contributed by atoms with Crippen LogP contribution in [0.2, 0.25) is 0 Å². The summed E-state index contributed by atoms with van der Waals surface area (Å²) in [6.45, 7) is 7.70. The highest BCUT2D eigenvalue weighted by Crippen LogP contribution is 2.25. The second-order valence-corrected chi connectivity index (χ2v) is 9.58. The zero-order valence-electron chi connectivity index (χ0n) is 21.3. The van der Waals surface area contributed by atoms with E-state index in [9.17, 15) is 9.59 Å². The number of carbonyl (C=O) groups is 2. The molecule has 0 unspecified atom stereocenters. The molecular weight excluding hydrogens is 448 g/mol. The van der Waals surface area contributed by atoms with E-state index in [-0.39, 0.29) is 11.8 Å². The number of aromatic nitrogens is 1. The molecule has 0 saturated heterocycles. The van der Waals surface area contributed by atoms with E-state index in [0.717, 1.165) is 36.3 Å². The van der Waals surface area contributed by atoms with Gasteiger partial charge in [-0.2, -0.15) is 0 Å². The van der Waals surface area contributed by atoms with Gasteiger partial charge in [0.25, 0.3) is 5.91 Å². The molecule has 2 heterocycles. The highest BCUT2D eigenvalue weighted by atomic mass is 16.2. The van der Waals surface area contributed by atoms with Gasteiger partial charge in [0.2, 0.25) is 5.91 Å². The molecule has 0 bridgehead atoms. The summed E-state index contributed by atoms with van der Waals surface area (Å²) in [5, 5.41) is 0. The average Bonchev–Trinajstić information content (AvgIpc) is 2.95. The summed E-state index contributed by atoms with van der Waals surface area (Å²) in [6, 6.07) is 23.9. The Balaban J connectivity index is 1.63. The molecule has 1 aliphatic rings. The number of nitrogens with zero attached hydrogens (tertiary/aromatic N) is 4. The first-order valence-corrected chi connectivity index (χ1v) is 12.9. The Morgan fingerprint density at radius 3 is 2.36 bits per heavy atom. The van der Waals surface area contributed by atoms with Gasteiger partial charge in [-0.05, 0) is 56.0 Å². The number of pyridine rings is 1. The lowest BCUT2D eigenvalue weighted by Gasteiger charge is -2.30. The molecule has 0 spiro atoms. The minimum Gasteiger partial charge on any atom is -0.332 e. The van der Waals surface area contributed by atoms with Crippen LogP contribution in [0.25, 0.3) is 0 Å². The first-order chi connectivity index (χ1) is 17.5. The van der Waals surface area contributed by atoms with Crippen molar-refractivity contribution in [3.63, 3.8) is 0 Å². The molecule has 0 N–H and O–H groups in total. The summed E-state index contributed by atoms with van der Waals surface area (Å²) in [6.07, 6.45) is 3.68. The number of amides is 2. The first-order valence-electron chi connectivity index (χ1n) is 12.9. The second-order valence-electron chi connectivity index (χ2n) is 9.58. The summed E-state index contributed by atoms with van der Waals surface area (Å²) < 4.78 is 0. The Hall–Kier alpha value is -3.51. The Morgan fingerprint density at radius 2 is 1.61 bits per heavy atom. The minimum atomic E-state index is -0.0877. The first kappa shape index (κ1) is 25.6. The third kappa shape index (κ3) is 6.58. The summed E-state index contributed by atoms with van der Waals surface area (Å²) in [4.78, 5) is 37.5. The SMILES string of the molecule is CC(C)N1CCCN(C(=O)CCc2ccccc2)c2ccccc2CN(C(=O)c2ccccn2)CC1. The van der Waals surface area contributed by atoms with Crippen molar-refractivity contribution in [2.45, 2.75) is 45.7 Å². The zero-order chi connectivity index (χ0) is 25.3. The van der Waals surface area contributed by atoms with Gasteiger partial charge in [0.1, 0.15) is 5.69 Å². The van der Waals surface area contributed by atoms with Crippen molar-refractivity contribution in [2.75, 3.05) is 31.1 Å². The maximum absolute atomic E-state index is 13.6. The highest BCUT2D eigenvalue weighted by Gasteiger charge is 2.25. The van der Waals surface area contributed by atoms with Gasteiger partial charge >= 0.3 is 0 Å². The van der Waals surface area contributed by atoms with Gasteiger partial charge < -0.3 is 9.80 Å². The van der Waals surface area contributed by atoms with Gasteiger partial charge in [0.05, 0.1) is 0 Å².